The number of benzene rings is 2. The standard InChI is InChI=1S/C16H18ClNO3/c1-19-14-3-5-15(6-4-14)20-8-9-21-16-7-2-13(17)10-12(16)11-18/h2-7,10H,8-9,11,18H2,1H3. The lowest BCUT2D eigenvalue weighted by atomic mass is 10.2. The van der Waals surface area contributed by atoms with E-state index in [2.05, 4.69) is 0 Å². The number of nitrogens with two attached hydrogens (primary N) is 1. The van der Waals surface area contributed by atoms with E-state index in [9.17, 15) is 0 Å². The fraction of sp³-hybridized carbons (Fsp3) is 0.250. The topological polar surface area (TPSA) is 53.7 Å². The van der Waals surface area contributed by atoms with Crippen molar-refractivity contribution < 1.29 is 14.2 Å². The van der Waals surface area contributed by atoms with Gasteiger partial charge in [-0.2, -0.15) is 0 Å². The third-order valence-corrected chi connectivity index (χ3v) is 3.15. The first-order valence-electron chi connectivity index (χ1n) is 6.61. The monoisotopic (exact) mass is 307 g/mol. The predicted molar refractivity (Wildman–Crippen MR) is 83.3 cm³/mol. The summed E-state index contributed by atoms with van der Waals surface area (Å²) in [6.07, 6.45) is 0. The maximum absolute atomic E-state index is 5.92. The Morgan fingerprint density at radius 2 is 1.62 bits per heavy atom. The lowest BCUT2D eigenvalue weighted by molar-refractivity contribution is 0.216. The molecule has 0 heterocycles. The molecule has 5 heteroatoms. The van der Waals surface area contributed by atoms with Crippen molar-refractivity contribution >= 4 is 11.6 Å². The van der Waals surface area contributed by atoms with Crippen molar-refractivity contribution in [2.75, 3.05) is 20.3 Å². The van der Waals surface area contributed by atoms with Gasteiger partial charge in [-0.25, -0.2) is 0 Å². The predicted octanol–water partition coefficient (Wildman–Crippen LogP) is 3.27. The average Bonchev–Trinajstić information content (AvgIpc) is 2.53. The van der Waals surface area contributed by atoms with Gasteiger partial charge in [0, 0.05) is 17.1 Å². The zero-order chi connectivity index (χ0) is 15.1. The molecular weight excluding hydrogens is 290 g/mol. The molecule has 2 aromatic rings. The number of methoxy groups -OCH3 is 1. The molecule has 2 aromatic carbocycles. The van der Waals surface area contributed by atoms with E-state index in [-0.39, 0.29) is 0 Å². The average molecular weight is 308 g/mol. The summed E-state index contributed by atoms with van der Waals surface area (Å²) in [4.78, 5) is 0. The van der Waals surface area contributed by atoms with Gasteiger partial charge in [-0.1, -0.05) is 11.6 Å². The van der Waals surface area contributed by atoms with Gasteiger partial charge >= 0.3 is 0 Å². The molecule has 0 unspecified atom stereocenters. The second-order valence-electron chi connectivity index (χ2n) is 4.33. The molecule has 0 radical (unpaired) electrons. The Balaban J connectivity index is 1.81. The summed E-state index contributed by atoms with van der Waals surface area (Å²) in [5.74, 6) is 2.31. The number of ether oxygens (including phenoxy) is 3. The van der Waals surface area contributed by atoms with Crippen LogP contribution in [0.4, 0.5) is 0 Å². The summed E-state index contributed by atoms with van der Waals surface area (Å²) in [6, 6.07) is 12.8. The minimum atomic E-state index is 0.384. The minimum Gasteiger partial charge on any atom is -0.497 e. The van der Waals surface area contributed by atoms with Crippen LogP contribution in [0, 0.1) is 0 Å². The molecule has 2 N–H and O–H groups in total. The number of hydrogen-bond acceptors (Lipinski definition) is 4. The molecule has 0 aromatic heterocycles. The molecule has 0 aliphatic rings. The third-order valence-electron chi connectivity index (χ3n) is 2.91. The van der Waals surface area contributed by atoms with Crippen molar-refractivity contribution in [3.05, 3.63) is 53.1 Å². The third kappa shape index (κ3) is 4.55. The molecule has 0 saturated heterocycles. The summed E-state index contributed by atoms with van der Waals surface area (Å²) in [7, 11) is 1.63. The van der Waals surface area contributed by atoms with Crippen LogP contribution in [0.2, 0.25) is 5.02 Å². The summed E-state index contributed by atoms with van der Waals surface area (Å²) < 4.78 is 16.3. The SMILES string of the molecule is COc1ccc(OCCOc2ccc(Cl)cc2CN)cc1. The van der Waals surface area contributed by atoms with E-state index >= 15 is 0 Å². The van der Waals surface area contributed by atoms with Crippen LogP contribution in [0.25, 0.3) is 0 Å². The molecule has 0 aliphatic carbocycles. The molecule has 21 heavy (non-hydrogen) atoms. The van der Waals surface area contributed by atoms with Crippen LogP contribution in [-0.4, -0.2) is 20.3 Å². The van der Waals surface area contributed by atoms with E-state index in [1.165, 1.54) is 0 Å². The normalized spacial score (nSPS) is 10.2. The largest absolute Gasteiger partial charge is 0.497 e. The lowest BCUT2D eigenvalue weighted by Crippen LogP contribution is -2.10. The maximum atomic E-state index is 5.92. The fourth-order valence-corrected chi connectivity index (χ4v) is 2.03. The van der Waals surface area contributed by atoms with E-state index in [0.29, 0.717) is 24.8 Å². The van der Waals surface area contributed by atoms with Gasteiger partial charge in [-0.3, -0.25) is 0 Å². The van der Waals surface area contributed by atoms with Gasteiger partial charge < -0.3 is 19.9 Å². The summed E-state index contributed by atoms with van der Waals surface area (Å²) in [5.41, 5.74) is 6.54. The van der Waals surface area contributed by atoms with Gasteiger partial charge in [-0.15, -0.1) is 0 Å². The number of halogens is 1. The first-order chi connectivity index (χ1) is 10.2. The van der Waals surface area contributed by atoms with Crippen LogP contribution >= 0.6 is 11.6 Å². The lowest BCUT2D eigenvalue weighted by Gasteiger charge is -2.11. The second-order valence-corrected chi connectivity index (χ2v) is 4.77. The van der Waals surface area contributed by atoms with Crippen molar-refractivity contribution in [2.45, 2.75) is 6.54 Å². The second kappa shape index (κ2) is 7.76. The first-order valence-corrected chi connectivity index (χ1v) is 6.99. The summed E-state index contributed by atoms with van der Waals surface area (Å²) in [5, 5.41) is 0.650. The molecule has 2 rings (SSSR count). The number of hydrogen-bond donors (Lipinski definition) is 1. The molecule has 0 aliphatic heterocycles. The molecule has 0 fully saturated rings. The highest BCUT2D eigenvalue weighted by Crippen LogP contribution is 2.22. The molecule has 112 valence electrons. The highest BCUT2D eigenvalue weighted by molar-refractivity contribution is 6.30. The molecule has 0 spiro atoms. The van der Waals surface area contributed by atoms with Gasteiger partial charge in [0.1, 0.15) is 30.5 Å². The van der Waals surface area contributed by atoms with Crippen LogP contribution in [0.15, 0.2) is 42.5 Å². The van der Waals surface area contributed by atoms with Gasteiger partial charge in [0.05, 0.1) is 7.11 Å². The minimum absolute atomic E-state index is 0.384. The van der Waals surface area contributed by atoms with Crippen LogP contribution < -0.4 is 19.9 Å². The summed E-state index contributed by atoms with van der Waals surface area (Å²) >= 11 is 5.92. The molecule has 0 bridgehead atoms. The molecule has 0 atom stereocenters. The Morgan fingerprint density at radius 3 is 2.29 bits per heavy atom. The smallest absolute Gasteiger partial charge is 0.124 e. The first kappa shape index (κ1) is 15.5. The Labute approximate surface area is 129 Å². The quantitative estimate of drug-likeness (QED) is 0.798. The molecular formula is C16H18ClNO3. The Morgan fingerprint density at radius 1 is 0.952 bits per heavy atom. The van der Waals surface area contributed by atoms with Crippen molar-refractivity contribution in [1.29, 1.82) is 0 Å². The van der Waals surface area contributed by atoms with Crippen molar-refractivity contribution in [3.8, 4) is 17.2 Å². The van der Waals surface area contributed by atoms with E-state index in [1.807, 2.05) is 30.3 Å². The van der Waals surface area contributed by atoms with E-state index in [4.69, 9.17) is 31.5 Å². The van der Waals surface area contributed by atoms with Crippen molar-refractivity contribution in [2.24, 2.45) is 5.73 Å². The van der Waals surface area contributed by atoms with Crippen molar-refractivity contribution in [3.63, 3.8) is 0 Å². The van der Waals surface area contributed by atoms with E-state index in [1.54, 1.807) is 19.2 Å². The van der Waals surface area contributed by atoms with Crippen LogP contribution in [-0.2, 0) is 6.54 Å². The van der Waals surface area contributed by atoms with E-state index in [0.717, 1.165) is 22.8 Å². The number of rotatable bonds is 7. The van der Waals surface area contributed by atoms with Gasteiger partial charge in [-0.05, 0) is 42.5 Å². The highest BCUT2D eigenvalue weighted by Gasteiger charge is 2.03. The molecule has 4 nitrogen and oxygen atoms in total. The highest BCUT2D eigenvalue weighted by atomic mass is 35.5. The Bertz CT molecular complexity index is 572. The zero-order valence-electron chi connectivity index (χ0n) is 11.8. The summed E-state index contributed by atoms with van der Waals surface area (Å²) in [6.45, 7) is 1.26. The van der Waals surface area contributed by atoms with E-state index < -0.39 is 0 Å². The van der Waals surface area contributed by atoms with Gasteiger partial charge in [0.2, 0.25) is 0 Å². The van der Waals surface area contributed by atoms with Gasteiger partial charge in [0.25, 0.3) is 0 Å². The maximum Gasteiger partial charge on any atom is 0.124 e. The zero-order valence-corrected chi connectivity index (χ0v) is 12.6. The van der Waals surface area contributed by atoms with Crippen molar-refractivity contribution in [1.82, 2.24) is 0 Å². The van der Waals surface area contributed by atoms with Gasteiger partial charge in [0.15, 0.2) is 0 Å². The van der Waals surface area contributed by atoms with Crippen LogP contribution in [0.1, 0.15) is 5.56 Å². The van der Waals surface area contributed by atoms with Crippen LogP contribution in [0.5, 0.6) is 17.2 Å². The Hall–Kier alpha value is -1.91. The Kier molecular flexibility index (Phi) is 5.72. The fourth-order valence-electron chi connectivity index (χ4n) is 1.83. The van der Waals surface area contributed by atoms with Crippen LogP contribution in [0.3, 0.4) is 0 Å². The molecule has 0 saturated carbocycles. The molecule has 0 amide bonds.